The quantitative estimate of drug-likeness (QED) is 0.866. The zero-order valence-electron chi connectivity index (χ0n) is 11.1. The third-order valence-electron chi connectivity index (χ3n) is 3.40. The van der Waals surface area contributed by atoms with E-state index in [4.69, 9.17) is 18.0 Å². The van der Waals surface area contributed by atoms with Gasteiger partial charge in [0.25, 0.3) is 0 Å². The van der Waals surface area contributed by atoms with Crippen LogP contribution in [-0.4, -0.2) is 20.8 Å². The molecule has 0 saturated heterocycles. The topological polar surface area (TPSA) is 54.5 Å². The zero-order valence-corrected chi connectivity index (χ0v) is 11.9. The van der Waals surface area contributed by atoms with E-state index >= 15 is 0 Å². The van der Waals surface area contributed by atoms with Crippen molar-refractivity contribution in [3.63, 3.8) is 0 Å². The summed E-state index contributed by atoms with van der Waals surface area (Å²) in [4.78, 5) is 4.00. The van der Waals surface area contributed by atoms with Gasteiger partial charge in [-0.2, -0.15) is 5.10 Å². The highest BCUT2D eigenvalue weighted by atomic mass is 32.1. The lowest BCUT2D eigenvalue weighted by Crippen LogP contribution is -2.31. The van der Waals surface area contributed by atoms with Gasteiger partial charge in [0.1, 0.15) is 5.82 Å². The Morgan fingerprint density at radius 2 is 1.86 bits per heavy atom. The van der Waals surface area contributed by atoms with Crippen LogP contribution in [0.25, 0.3) is 0 Å². The molecular weight excluding hydrogens is 287 g/mol. The first-order chi connectivity index (χ1) is 10.1. The number of benzene rings is 1. The Labute approximate surface area is 127 Å². The van der Waals surface area contributed by atoms with Crippen molar-refractivity contribution in [3.05, 3.63) is 65.7 Å². The third kappa shape index (κ3) is 2.75. The minimum Gasteiger partial charge on any atom is -0.375 e. The zero-order chi connectivity index (χ0) is 14.8. The van der Waals surface area contributed by atoms with Crippen LogP contribution in [0.4, 0.5) is 4.39 Å². The Bertz CT molecular complexity index is 685. The number of nitrogens with two attached hydrogens (primary N) is 1. The molecule has 1 atom stereocenters. The molecule has 1 aliphatic rings. The molecule has 21 heavy (non-hydrogen) atoms. The first-order valence-electron chi connectivity index (χ1n) is 6.47. The van der Waals surface area contributed by atoms with Gasteiger partial charge < -0.3 is 5.73 Å². The molecule has 106 valence electrons. The summed E-state index contributed by atoms with van der Waals surface area (Å²) >= 11 is 5.07. The average Bonchev–Trinajstić information content (AvgIpc) is 2.94. The van der Waals surface area contributed by atoms with Gasteiger partial charge in [0.2, 0.25) is 0 Å². The Hall–Kier alpha value is -2.34. The monoisotopic (exact) mass is 300 g/mol. The molecule has 2 N–H and O–H groups in total. The number of aromatic nitrogens is 1. The molecule has 1 aromatic carbocycles. The van der Waals surface area contributed by atoms with Crippen molar-refractivity contribution in [3.8, 4) is 0 Å². The van der Waals surface area contributed by atoms with Crippen molar-refractivity contribution in [1.82, 2.24) is 9.99 Å². The van der Waals surface area contributed by atoms with Gasteiger partial charge in [-0.1, -0.05) is 12.1 Å². The van der Waals surface area contributed by atoms with E-state index in [2.05, 4.69) is 10.1 Å². The van der Waals surface area contributed by atoms with Gasteiger partial charge in [-0.3, -0.25) is 4.98 Å². The second-order valence-electron chi connectivity index (χ2n) is 4.74. The molecule has 0 saturated carbocycles. The predicted octanol–water partition coefficient (Wildman–Crippen LogP) is 2.62. The van der Waals surface area contributed by atoms with E-state index in [1.54, 1.807) is 29.5 Å². The Morgan fingerprint density at radius 3 is 2.48 bits per heavy atom. The van der Waals surface area contributed by atoms with E-state index in [1.165, 1.54) is 12.1 Å². The van der Waals surface area contributed by atoms with Gasteiger partial charge in [-0.05, 0) is 42.0 Å². The normalized spacial score (nSPS) is 17.7. The maximum Gasteiger partial charge on any atom is 0.187 e. The van der Waals surface area contributed by atoms with Crippen LogP contribution in [0.3, 0.4) is 0 Å². The number of pyridine rings is 1. The SMILES string of the molecule is NC(=S)N1N=C(c2ccncc2)CC1c1ccc(F)cc1. The highest BCUT2D eigenvalue weighted by Crippen LogP contribution is 2.32. The first-order valence-corrected chi connectivity index (χ1v) is 6.88. The van der Waals surface area contributed by atoms with Gasteiger partial charge in [0.05, 0.1) is 11.8 Å². The van der Waals surface area contributed by atoms with Crippen molar-refractivity contribution >= 4 is 23.0 Å². The fourth-order valence-electron chi connectivity index (χ4n) is 2.38. The molecule has 4 nitrogen and oxygen atoms in total. The molecule has 6 heteroatoms. The largest absolute Gasteiger partial charge is 0.375 e. The molecule has 0 amide bonds. The van der Waals surface area contributed by atoms with Gasteiger partial charge >= 0.3 is 0 Å². The number of thiocarbonyl (C=S) groups is 1. The van der Waals surface area contributed by atoms with Crippen molar-refractivity contribution in [2.75, 3.05) is 0 Å². The summed E-state index contributed by atoms with van der Waals surface area (Å²) in [6, 6.07) is 10.0. The molecular formula is C15H13FN4S. The lowest BCUT2D eigenvalue weighted by atomic mass is 9.99. The Balaban J connectivity index is 1.93. The van der Waals surface area contributed by atoms with Crippen molar-refractivity contribution in [1.29, 1.82) is 0 Å². The number of halogens is 1. The molecule has 0 bridgehead atoms. The van der Waals surface area contributed by atoms with E-state index in [0.717, 1.165) is 16.8 Å². The van der Waals surface area contributed by atoms with E-state index in [1.807, 2.05) is 12.1 Å². The van der Waals surface area contributed by atoms with Crippen molar-refractivity contribution in [2.45, 2.75) is 12.5 Å². The summed E-state index contributed by atoms with van der Waals surface area (Å²) in [5, 5.41) is 6.31. The van der Waals surface area contributed by atoms with Crippen molar-refractivity contribution in [2.24, 2.45) is 10.8 Å². The first kappa shape index (κ1) is 13.6. The third-order valence-corrected chi connectivity index (χ3v) is 3.59. The summed E-state index contributed by atoms with van der Waals surface area (Å²) in [5.41, 5.74) is 8.56. The molecule has 1 aliphatic heterocycles. The summed E-state index contributed by atoms with van der Waals surface area (Å²) in [6.07, 6.45) is 4.09. The number of hydrazone groups is 1. The fourth-order valence-corrected chi connectivity index (χ4v) is 2.54. The van der Waals surface area contributed by atoms with Crippen LogP contribution in [0, 0.1) is 5.82 Å². The van der Waals surface area contributed by atoms with Gasteiger partial charge in [0, 0.05) is 24.4 Å². The van der Waals surface area contributed by atoms with Crippen LogP contribution in [0.15, 0.2) is 53.9 Å². The average molecular weight is 300 g/mol. The molecule has 2 aromatic rings. The number of rotatable bonds is 2. The standard InChI is InChI=1S/C15H13FN4S/c16-12-3-1-11(2-4-12)14-9-13(19-20(14)15(17)21)10-5-7-18-8-6-10/h1-8,14H,9H2,(H2,17,21). The number of hydrogen-bond acceptors (Lipinski definition) is 3. The minimum absolute atomic E-state index is 0.105. The highest BCUT2D eigenvalue weighted by Gasteiger charge is 2.30. The van der Waals surface area contributed by atoms with Crippen LogP contribution in [0.2, 0.25) is 0 Å². The summed E-state index contributed by atoms with van der Waals surface area (Å²) in [6.45, 7) is 0. The number of nitrogens with zero attached hydrogens (tertiary/aromatic N) is 3. The Kier molecular flexibility index (Phi) is 3.62. The van der Waals surface area contributed by atoms with Gasteiger partial charge in [-0.25, -0.2) is 9.40 Å². The van der Waals surface area contributed by atoms with E-state index in [-0.39, 0.29) is 17.0 Å². The molecule has 0 aliphatic carbocycles. The highest BCUT2D eigenvalue weighted by molar-refractivity contribution is 7.80. The lowest BCUT2D eigenvalue weighted by molar-refractivity contribution is 0.372. The molecule has 2 heterocycles. The predicted molar refractivity (Wildman–Crippen MR) is 83.2 cm³/mol. The summed E-state index contributed by atoms with van der Waals surface area (Å²) in [7, 11) is 0. The van der Waals surface area contributed by atoms with Gasteiger partial charge in [0.15, 0.2) is 5.11 Å². The van der Waals surface area contributed by atoms with E-state index in [9.17, 15) is 4.39 Å². The summed E-state index contributed by atoms with van der Waals surface area (Å²) in [5.74, 6) is -0.270. The second-order valence-corrected chi connectivity index (χ2v) is 5.16. The Morgan fingerprint density at radius 1 is 1.19 bits per heavy atom. The molecule has 3 rings (SSSR count). The molecule has 1 unspecified atom stereocenters. The summed E-state index contributed by atoms with van der Waals surface area (Å²) < 4.78 is 13.1. The second kappa shape index (κ2) is 5.57. The van der Waals surface area contributed by atoms with E-state index < -0.39 is 0 Å². The van der Waals surface area contributed by atoms with Crippen LogP contribution in [-0.2, 0) is 0 Å². The van der Waals surface area contributed by atoms with E-state index in [0.29, 0.717) is 6.42 Å². The molecule has 0 spiro atoms. The molecule has 0 fully saturated rings. The van der Waals surface area contributed by atoms with Crippen LogP contribution < -0.4 is 5.73 Å². The molecule has 0 radical (unpaired) electrons. The maximum atomic E-state index is 13.1. The van der Waals surface area contributed by atoms with Crippen LogP contribution in [0.5, 0.6) is 0 Å². The minimum atomic E-state index is -0.270. The van der Waals surface area contributed by atoms with Crippen LogP contribution in [0.1, 0.15) is 23.6 Å². The number of hydrogen-bond donors (Lipinski definition) is 1. The smallest absolute Gasteiger partial charge is 0.187 e. The maximum absolute atomic E-state index is 13.1. The van der Waals surface area contributed by atoms with Crippen molar-refractivity contribution < 1.29 is 4.39 Å². The van der Waals surface area contributed by atoms with Gasteiger partial charge in [-0.15, -0.1) is 0 Å². The fraction of sp³-hybridized carbons (Fsp3) is 0.133. The molecule has 1 aromatic heterocycles. The lowest BCUT2D eigenvalue weighted by Gasteiger charge is -2.21. The van der Waals surface area contributed by atoms with Crippen LogP contribution >= 0.6 is 12.2 Å².